The number of methoxy groups -OCH3 is 2. The molecule has 0 unspecified atom stereocenters. The van der Waals surface area contributed by atoms with E-state index < -0.39 is 0 Å². The fourth-order valence-electron chi connectivity index (χ4n) is 3.72. The number of aryl methyl sites for hydroxylation is 1. The van der Waals surface area contributed by atoms with E-state index in [-0.39, 0.29) is 6.03 Å². The number of urea groups is 1. The Kier molecular flexibility index (Phi) is 6.46. The molecule has 1 N–H and O–H groups in total. The lowest BCUT2D eigenvalue weighted by molar-refractivity contribution is 0.194. The molecule has 2 heterocycles. The van der Waals surface area contributed by atoms with Crippen molar-refractivity contribution in [3.8, 4) is 11.5 Å². The molecule has 164 valence electrons. The second-order valence-electron chi connectivity index (χ2n) is 7.56. The van der Waals surface area contributed by atoms with Gasteiger partial charge in [0.25, 0.3) is 0 Å². The molecule has 4 rings (SSSR count). The molecule has 0 spiro atoms. The van der Waals surface area contributed by atoms with Crippen LogP contribution in [0.25, 0.3) is 10.2 Å². The first-order valence-corrected chi connectivity index (χ1v) is 11.3. The highest BCUT2D eigenvalue weighted by Crippen LogP contribution is 2.36. The molecule has 0 bridgehead atoms. The third-order valence-electron chi connectivity index (χ3n) is 5.60. The third kappa shape index (κ3) is 4.69. The second-order valence-corrected chi connectivity index (χ2v) is 8.54. The second kappa shape index (κ2) is 9.43. The minimum absolute atomic E-state index is 0.00465. The van der Waals surface area contributed by atoms with E-state index in [1.165, 1.54) is 11.1 Å². The predicted octanol–water partition coefficient (Wildman–Crippen LogP) is 3.70. The number of hydrogen-bond acceptors (Lipinski definition) is 6. The zero-order valence-corrected chi connectivity index (χ0v) is 19.0. The van der Waals surface area contributed by atoms with Gasteiger partial charge in [-0.15, -0.1) is 0 Å². The monoisotopic (exact) mass is 440 g/mol. The molecule has 31 heavy (non-hydrogen) atoms. The van der Waals surface area contributed by atoms with E-state index in [9.17, 15) is 4.79 Å². The van der Waals surface area contributed by atoms with Crippen LogP contribution >= 0.6 is 11.3 Å². The van der Waals surface area contributed by atoms with Crippen LogP contribution in [-0.4, -0.2) is 62.9 Å². The molecule has 1 fully saturated rings. The summed E-state index contributed by atoms with van der Waals surface area (Å²) in [5, 5.41) is 4.02. The summed E-state index contributed by atoms with van der Waals surface area (Å²) in [5.74, 6) is 1.64. The van der Waals surface area contributed by atoms with Crippen molar-refractivity contribution in [3.05, 3.63) is 47.5 Å². The highest BCUT2D eigenvalue weighted by molar-refractivity contribution is 7.22. The number of carbonyl (C=O) groups is 1. The fraction of sp³-hybridized carbons (Fsp3) is 0.391. The number of ether oxygens (including phenoxy) is 2. The molecule has 3 aromatic rings. The quantitative estimate of drug-likeness (QED) is 0.633. The molecule has 2 aromatic carbocycles. The van der Waals surface area contributed by atoms with Gasteiger partial charge in [-0.05, 0) is 42.7 Å². The number of hydrogen-bond donors (Lipinski definition) is 1. The van der Waals surface area contributed by atoms with Crippen LogP contribution in [0.2, 0.25) is 0 Å². The molecular formula is C23H28N4O3S. The third-order valence-corrected chi connectivity index (χ3v) is 6.85. The van der Waals surface area contributed by atoms with Gasteiger partial charge in [-0.2, -0.15) is 0 Å². The fourth-order valence-corrected chi connectivity index (χ4v) is 4.82. The Morgan fingerprint density at radius 2 is 1.81 bits per heavy atom. The number of rotatable bonds is 6. The Morgan fingerprint density at radius 3 is 2.48 bits per heavy atom. The zero-order valence-electron chi connectivity index (χ0n) is 18.2. The Labute approximate surface area is 186 Å². The summed E-state index contributed by atoms with van der Waals surface area (Å²) in [6, 6.07) is 12.0. The SMILES string of the molecule is COc1ccc(CCNC(=O)N2CCN(c3nc4c(OC)ccc(C)c4s3)CC2)cc1. The van der Waals surface area contributed by atoms with Gasteiger partial charge in [0.2, 0.25) is 0 Å². The molecule has 7 nitrogen and oxygen atoms in total. The Hall–Kier alpha value is -3.00. The van der Waals surface area contributed by atoms with Crippen molar-refractivity contribution in [2.24, 2.45) is 0 Å². The van der Waals surface area contributed by atoms with Gasteiger partial charge in [-0.1, -0.05) is 29.5 Å². The maximum absolute atomic E-state index is 12.5. The molecule has 8 heteroatoms. The Bertz CT molecular complexity index is 1040. The summed E-state index contributed by atoms with van der Waals surface area (Å²) in [5.41, 5.74) is 3.29. The molecular weight excluding hydrogens is 412 g/mol. The smallest absolute Gasteiger partial charge is 0.317 e. The lowest BCUT2D eigenvalue weighted by Gasteiger charge is -2.34. The van der Waals surface area contributed by atoms with E-state index in [1.54, 1.807) is 25.6 Å². The number of amides is 2. The minimum atomic E-state index is -0.00465. The van der Waals surface area contributed by atoms with Crippen LogP contribution in [0.3, 0.4) is 0 Å². The maximum Gasteiger partial charge on any atom is 0.317 e. The van der Waals surface area contributed by atoms with Gasteiger partial charge >= 0.3 is 6.03 Å². The summed E-state index contributed by atoms with van der Waals surface area (Å²) in [6.07, 6.45) is 0.794. The van der Waals surface area contributed by atoms with Gasteiger partial charge in [0, 0.05) is 32.7 Å². The number of aromatic nitrogens is 1. The number of nitrogens with zero attached hydrogens (tertiary/aromatic N) is 3. The van der Waals surface area contributed by atoms with E-state index in [2.05, 4.69) is 23.2 Å². The van der Waals surface area contributed by atoms with Gasteiger partial charge in [-0.25, -0.2) is 9.78 Å². The average Bonchev–Trinajstić information content (AvgIpc) is 3.26. The molecule has 1 aliphatic rings. The lowest BCUT2D eigenvalue weighted by Crippen LogP contribution is -2.52. The maximum atomic E-state index is 12.5. The van der Waals surface area contributed by atoms with Gasteiger partial charge in [0.1, 0.15) is 17.0 Å². The van der Waals surface area contributed by atoms with E-state index >= 15 is 0 Å². The zero-order chi connectivity index (χ0) is 21.8. The number of anilines is 1. The molecule has 0 aliphatic carbocycles. The van der Waals surface area contributed by atoms with Crippen LogP contribution in [0.5, 0.6) is 11.5 Å². The standard InChI is InChI=1S/C23H28N4O3S/c1-16-4-9-19(30-3)20-21(16)31-23(25-20)27-14-12-26(13-15-27)22(28)24-11-10-17-5-7-18(29-2)8-6-17/h4-9H,10-15H2,1-3H3,(H,24,28). The van der Waals surface area contributed by atoms with E-state index in [0.29, 0.717) is 19.6 Å². The Balaban J connectivity index is 1.29. The normalized spacial score (nSPS) is 14.0. The van der Waals surface area contributed by atoms with Gasteiger partial charge in [0.05, 0.1) is 18.9 Å². The first kappa shape index (κ1) is 21.2. The van der Waals surface area contributed by atoms with Gasteiger partial charge in [0.15, 0.2) is 5.13 Å². The summed E-state index contributed by atoms with van der Waals surface area (Å²) >= 11 is 1.69. The number of thiazole rings is 1. The van der Waals surface area contributed by atoms with Crippen molar-refractivity contribution >= 4 is 32.7 Å². The van der Waals surface area contributed by atoms with E-state index in [4.69, 9.17) is 14.5 Å². The summed E-state index contributed by atoms with van der Waals surface area (Å²) < 4.78 is 11.8. The molecule has 1 aromatic heterocycles. The highest BCUT2D eigenvalue weighted by Gasteiger charge is 2.23. The van der Waals surface area contributed by atoms with E-state index in [1.807, 2.05) is 35.2 Å². The lowest BCUT2D eigenvalue weighted by atomic mass is 10.1. The van der Waals surface area contributed by atoms with Crippen molar-refractivity contribution in [2.45, 2.75) is 13.3 Å². The summed E-state index contributed by atoms with van der Waals surface area (Å²) in [7, 11) is 3.33. The number of fused-ring (bicyclic) bond motifs is 1. The largest absolute Gasteiger partial charge is 0.497 e. The predicted molar refractivity (Wildman–Crippen MR) is 125 cm³/mol. The summed E-state index contributed by atoms with van der Waals surface area (Å²) in [4.78, 5) is 21.5. The van der Waals surface area contributed by atoms with Crippen LogP contribution in [0, 0.1) is 6.92 Å². The van der Waals surface area contributed by atoms with Gasteiger partial charge in [-0.3, -0.25) is 0 Å². The molecule has 2 amide bonds. The number of benzene rings is 2. The molecule has 0 radical (unpaired) electrons. The first-order valence-electron chi connectivity index (χ1n) is 10.4. The van der Waals surface area contributed by atoms with Crippen LogP contribution in [0.15, 0.2) is 36.4 Å². The van der Waals surface area contributed by atoms with Crippen molar-refractivity contribution < 1.29 is 14.3 Å². The molecule has 0 atom stereocenters. The first-order chi connectivity index (χ1) is 15.1. The minimum Gasteiger partial charge on any atom is -0.497 e. The van der Waals surface area contributed by atoms with Gasteiger partial charge < -0.3 is 24.6 Å². The summed E-state index contributed by atoms with van der Waals surface area (Å²) in [6.45, 7) is 5.61. The Morgan fingerprint density at radius 1 is 1.06 bits per heavy atom. The topological polar surface area (TPSA) is 66.9 Å². The highest BCUT2D eigenvalue weighted by atomic mass is 32.1. The van der Waals surface area contributed by atoms with Crippen LogP contribution in [0.1, 0.15) is 11.1 Å². The molecule has 1 saturated heterocycles. The van der Waals surface area contributed by atoms with Crippen LogP contribution in [-0.2, 0) is 6.42 Å². The van der Waals surface area contributed by atoms with Crippen molar-refractivity contribution in [1.82, 2.24) is 15.2 Å². The number of piperazine rings is 1. The van der Waals surface area contributed by atoms with Crippen LogP contribution < -0.4 is 19.7 Å². The number of carbonyl (C=O) groups excluding carboxylic acids is 1. The molecule has 1 aliphatic heterocycles. The van der Waals surface area contributed by atoms with Crippen molar-refractivity contribution in [2.75, 3.05) is 51.8 Å². The number of nitrogens with one attached hydrogen (secondary N) is 1. The van der Waals surface area contributed by atoms with Crippen molar-refractivity contribution in [3.63, 3.8) is 0 Å². The van der Waals surface area contributed by atoms with Crippen molar-refractivity contribution in [1.29, 1.82) is 0 Å². The van der Waals surface area contributed by atoms with E-state index in [0.717, 1.165) is 46.4 Å². The molecule has 0 saturated carbocycles. The van der Waals surface area contributed by atoms with Crippen LogP contribution in [0.4, 0.5) is 9.93 Å². The average molecular weight is 441 g/mol.